The predicted molar refractivity (Wildman–Crippen MR) is 75.7 cm³/mol. The fraction of sp³-hybridized carbons (Fsp3) is 0. The van der Waals surface area contributed by atoms with Gasteiger partial charge < -0.3 is 5.11 Å². The smallest absolute Gasteiger partial charge is 0.327 e. The van der Waals surface area contributed by atoms with Gasteiger partial charge in [0.25, 0.3) is 0 Å². The van der Waals surface area contributed by atoms with E-state index in [0.717, 1.165) is 6.08 Å². The Labute approximate surface area is 143 Å². The molecule has 1 aromatic rings. The molecule has 4 rings (SSSR count). The molecule has 0 radical (unpaired) electrons. The number of carboxylic acids is 1. The largest absolute Gasteiger partial charge is 0.478 e. The summed E-state index contributed by atoms with van der Waals surface area (Å²) in [5.74, 6) is -0.981. The first-order valence-corrected chi connectivity index (χ1v) is 8.17. The van der Waals surface area contributed by atoms with Crippen molar-refractivity contribution in [3.05, 3.63) is 59.8 Å². The van der Waals surface area contributed by atoms with Crippen molar-refractivity contribution in [3.63, 3.8) is 0 Å². The van der Waals surface area contributed by atoms with Crippen LogP contribution in [0.15, 0.2) is 49.3 Å². The molecule has 3 aliphatic rings. The molecule has 20 heavy (non-hydrogen) atoms. The summed E-state index contributed by atoms with van der Waals surface area (Å²) < 4.78 is 4.91. The van der Waals surface area contributed by atoms with Gasteiger partial charge in [-0.05, 0) is 0 Å². The Morgan fingerprint density at radius 3 is 1.95 bits per heavy atom. The number of allylic oxidation sites excluding steroid dienone is 2. The van der Waals surface area contributed by atoms with Gasteiger partial charge in [-0.25, -0.2) is 4.79 Å². The maximum atomic E-state index is 9.25. The molecule has 0 aromatic heterocycles. The molecule has 0 amide bonds. The molecule has 101 valence electrons. The molecule has 0 saturated heterocycles. The van der Waals surface area contributed by atoms with Crippen LogP contribution in [0, 0.1) is 45.5 Å². The fourth-order valence-corrected chi connectivity index (χ4v) is 5.06. The monoisotopic (exact) mass is 405 g/mol. The van der Waals surface area contributed by atoms with Crippen LogP contribution >= 0.6 is 0 Å². The topological polar surface area (TPSA) is 43.8 Å². The van der Waals surface area contributed by atoms with Crippen molar-refractivity contribution in [2.24, 2.45) is 0 Å². The molecule has 1 N–H and O–H groups in total. The zero-order chi connectivity index (χ0) is 14.1. The second-order valence-corrected chi connectivity index (χ2v) is 7.02. The summed E-state index contributed by atoms with van der Waals surface area (Å²) >= 11 is -0.500. The van der Waals surface area contributed by atoms with Gasteiger partial charge in [0.15, 0.2) is 0 Å². The first kappa shape index (κ1) is 13.8. The van der Waals surface area contributed by atoms with Crippen LogP contribution in [0.5, 0.6) is 0 Å². The van der Waals surface area contributed by atoms with Crippen LogP contribution in [-0.4, -0.2) is 11.1 Å². The van der Waals surface area contributed by atoms with E-state index in [1.165, 1.54) is 21.8 Å². The number of aliphatic carboxylic acids is 1. The summed E-state index contributed by atoms with van der Waals surface area (Å²) in [7, 11) is 0. The number of rotatable bonds is 1. The Hall–Kier alpha value is -1.17. The van der Waals surface area contributed by atoms with Crippen LogP contribution in [0.3, 0.4) is 0 Å². The van der Waals surface area contributed by atoms with Crippen LogP contribution in [0.25, 0.3) is 12.2 Å². The number of nitrogens with zero attached hydrogens (tertiary/aromatic N) is 2. The van der Waals surface area contributed by atoms with Gasteiger partial charge in [0, 0.05) is 6.08 Å². The molecule has 3 aliphatic heterocycles. The normalized spacial score (nSPS) is 15.6. The van der Waals surface area contributed by atoms with Gasteiger partial charge in [0.2, 0.25) is 0 Å². The summed E-state index contributed by atoms with van der Waals surface area (Å²) in [6.07, 6.45) is 14.0. The van der Waals surface area contributed by atoms with Crippen molar-refractivity contribution in [1.82, 2.24) is 0 Å². The first-order chi connectivity index (χ1) is 9.70. The Kier molecular flexibility index (Phi) is 3.92. The molecule has 0 spiro atoms. The summed E-state index contributed by atoms with van der Waals surface area (Å²) in [6, 6.07) is 4.45. The third-order valence-electron chi connectivity index (χ3n) is 2.96. The van der Waals surface area contributed by atoms with Crippen LogP contribution in [0.4, 0.5) is 11.4 Å². The second-order valence-electron chi connectivity index (χ2n) is 4.20. The van der Waals surface area contributed by atoms with E-state index < -0.39 is 51.5 Å². The Bertz CT molecular complexity index is 710. The SMILES string of the molecule is C1=C[N]2[Eu][N]3C=CC=c4ccc(c2c43)=C1.C=CC(=O)O. The molecule has 3 heterocycles. The van der Waals surface area contributed by atoms with Crippen LogP contribution in [-0.2, 0) is 4.79 Å². The molecule has 0 fully saturated rings. The minimum Gasteiger partial charge on any atom is -0.478 e. The summed E-state index contributed by atoms with van der Waals surface area (Å²) in [5, 5.41) is 10.3. The van der Waals surface area contributed by atoms with Crippen LogP contribution in [0.1, 0.15) is 0 Å². The predicted octanol–water partition coefficient (Wildman–Crippen LogP) is 1.10. The van der Waals surface area contributed by atoms with E-state index in [1.807, 2.05) is 0 Å². The molecule has 0 saturated carbocycles. The van der Waals surface area contributed by atoms with Gasteiger partial charge in [-0.1, -0.05) is 6.58 Å². The van der Waals surface area contributed by atoms with E-state index in [1.54, 1.807) is 0 Å². The minimum absolute atomic E-state index is 0.500. The molecule has 4 nitrogen and oxygen atoms in total. The maximum absolute atomic E-state index is 9.25. The fourth-order valence-electron chi connectivity index (χ4n) is 2.14. The van der Waals surface area contributed by atoms with Crippen molar-refractivity contribution in [1.29, 1.82) is 0 Å². The van der Waals surface area contributed by atoms with Crippen molar-refractivity contribution < 1.29 is 55.4 Å². The molecule has 0 bridgehead atoms. The Balaban J connectivity index is 0.000000213. The number of benzene rings is 1. The second kappa shape index (κ2) is 5.68. The average molecular weight is 404 g/mol. The van der Waals surface area contributed by atoms with E-state index >= 15 is 0 Å². The molecule has 0 atom stereocenters. The Morgan fingerprint density at radius 2 is 1.55 bits per heavy atom. The number of carboxylic acid groups (broad SMARTS) is 1. The van der Waals surface area contributed by atoms with Gasteiger partial charge in [0.05, 0.1) is 0 Å². The molecule has 5 heteroatoms. The molecular formula is C15H12EuN2O2. The zero-order valence-corrected chi connectivity index (χ0v) is 13.0. The van der Waals surface area contributed by atoms with Gasteiger partial charge >= 0.3 is 122 Å². The third-order valence-corrected chi connectivity index (χ3v) is 5.82. The summed E-state index contributed by atoms with van der Waals surface area (Å²) in [4.78, 5) is 9.25. The molecule has 1 aromatic carbocycles. The van der Waals surface area contributed by atoms with Gasteiger partial charge in [-0.15, -0.1) is 0 Å². The average Bonchev–Trinajstić information content (AvgIpc) is 2.86. The number of anilines is 2. The van der Waals surface area contributed by atoms with Crippen LogP contribution in [0.2, 0.25) is 0 Å². The summed E-state index contributed by atoms with van der Waals surface area (Å²) in [6.45, 7) is 2.96. The zero-order valence-electron chi connectivity index (χ0n) is 10.5. The molecular weight excluding hydrogens is 392 g/mol. The van der Waals surface area contributed by atoms with Gasteiger partial charge in [0.1, 0.15) is 0 Å². The Morgan fingerprint density at radius 1 is 1.10 bits per heavy atom. The van der Waals surface area contributed by atoms with Crippen LogP contribution < -0.4 is 10.1 Å². The van der Waals surface area contributed by atoms with E-state index in [2.05, 4.69) is 55.1 Å². The van der Waals surface area contributed by atoms with E-state index in [-0.39, 0.29) is 0 Å². The molecule has 0 unspecified atom stereocenters. The summed E-state index contributed by atoms with van der Waals surface area (Å²) in [5.41, 5.74) is 2.85. The van der Waals surface area contributed by atoms with Crippen molar-refractivity contribution in [2.45, 2.75) is 0 Å². The first-order valence-electron chi connectivity index (χ1n) is 6.00. The number of hydrogen-bond acceptors (Lipinski definition) is 3. The minimum atomic E-state index is -0.981. The van der Waals surface area contributed by atoms with Crippen molar-refractivity contribution in [3.8, 4) is 0 Å². The quantitative estimate of drug-likeness (QED) is 0.713. The standard InChI is InChI=1S/C12H8N2.C3H4O2.Eu/c1-3-9-5-6-10-4-2-8-14-12(10)11(9)13-7-1;1-2-3(4)5;/h1-8H;2H,1H2,(H,4,5);/q-2;;+2. The van der Waals surface area contributed by atoms with Crippen molar-refractivity contribution >= 4 is 29.5 Å². The van der Waals surface area contributed by atoms with Gasteiger partial charge in [-0.2, -0.15) is 0 Å². The number of carbonyl (C=O) groups is 1. The van der Waals surface area contributed by atoms with E-state index in [4.69, 9.17) is 5.11 Å². The van der Waals surface area contributed by atoms with E-state index in [9.17, 15) is 4.79 Å². The number of hydrogen-bond donors (Lipinski definition) is 1. The van der Waals surface area contributed by atoms with Crippen molar-refractivity contribution in [2.75, 3.05) is -0.309 Å². The third kappa shape index (κ3) is 2.41. The van der Waals surface area contributed by atoms with E-state index in [0.29, 0.717) is 0 Å². The van der Waals surface area contributed by atoms with Gasteiger partial charge in [-0.3, -0.25) is 0 Å². The maximum Gasteiger partial charge on any atom is 0.327 e. The molecule has 0 aliphatic carbocycles.